The van der Waals surface area contributed by atoms with Crippen LogP contribution in [0.25, 0.3) is 11.0 Å². The Labute approximate surface area is 128 Å². The van der Waals surface area contributed by atoms with E-state index in [9.17, 15) is 0 Å². The predicted octanol–water partition coefficient (Wildman–Crippen LogP) is 4.79. The van der Waals surface area contributed by atoms with Crippen LogP contribution in [0.4, 0.5) is 0 Å². The lowest BCUT2D eigenvalue weighted by Crippen LogP contribution is -2.03. The standard InChI is InChI=1S/C16H14Cl2N2/c1-11-5-7-12(8-6-11)10-20-14-4-2-3-13(18)16(14)19-15(20)9-17/h2-8H,9-10H2,1H3. The maximum Gasteiger partial charge on any atom is 0.125 e. The summed E-state index contributed by atoms with van der Waals surface area (Å²) < 4.78 is 2.12. The fraction of sp³-hybridized carbons (Fsp3) is 0.188. The number of aryl methyl sites for hydroxylation is 1. The smallest absolute Gasteiger partial charge is 0.125 e. The third-order valence-corrected chi connectivity index (χ3v) is 3.93. The van der Waals surface area contributed by atoms with Gasteiger partial charge in [-0.25, -0.2) is 4.98 Å². The molecule has 3 rings (SSSR count). The van der Waals surface area contributed by atoms with E-state index in [1.165, 1.54) is 11.1 Å². The number of hydrogen-bond acceptors (Lipinski definition) is 1. The zero-order valence-electron chi connectivity index (χ0n) is 11.1. The van der Waals surface area contributed by atoms with Crippen molar-refractivity contribution in [2.24, 2.45) is 0 Å². The molecule has 4 heteroatoms. The summed E-state index contributed by atoms with van der Waals surface area (Å²) >= 11 is 12.2. The summed E-state index contributed by atoms with van der Waals surface area (Å²) in [5, 5.41) is 0.663. The van der Waals surface area contributed by atoms with E-state index in [1.807, 2.05) is 18.2 Å². The Hall–Kier alpha value is -1.51. The van der Waals surface area contributed by atoms with Crippen molar-refractivity contribution in [3.8, 4) is 0 Å². The molecule has 1 heterocycles. The van der Waals surface area contributed by atoms with Crippen LogP contribution in [0.1, 0.15) is 17.0 Å². The van der Waals surface area contributed by atoms with E-state index in [4.69, 9.17) is 23.2 Å². The number of para-hydroxylation sites is 1. The fourth-order valence-electron chi connectivity index (χ4n) is 2.32. The highest BCUT2D eigenvalue weighted by atomic mass is 35.5. The summed E-state index contributed by atoms with van der Waals surface area (Å²) in [5.41, 5.74) is 4.32. The Bertz CT molecular complexity index is 745. The van der Waals surface area contributed by atoms with Gasteiger partial charge in [0.15, 0.2) is 0 Å². The summed E-state index contributed by atoms with van der Waals surface area (Å²) in [7, 11) is 0. The third-order valence-electron chi connectivity index (χ3n) is 3.39. The summed E-state index contributed by atoms with van der Waals surface area (Å²) in [6, 6.07) is 14.3. The zero-order valence-corrected chi connectivity index (χ0v) is 12.6. The molecule has 3 aromatic rings. The molecule has 0 N–H and O–H groups in total. The summed E-state index contributed by atoms with van der Waals surface area (Å²) in [4.78, 5) is 4.54. The van der Waals surface area contributed by atoms with Crippen LogP contribution in [0.5, 0.6) is 0 Å². The van der Waals surface area contributed by atoms with Crippen LogP contribution in [-0.2, 0) is 12.4 Å². The highest BCUT2D eigenvalue weighted by molar-refractivity contribution is 6.35. The van der Waals surface area contributed by atoms with Gasteiger partial charge in [-0.15, -0.1) is 11.6 Å². The Morgan fingerprint density at radius 1 is 1.10 bits per heavy atom. The fourth-order valence-corrected chi connectivity index (χ4v) is 2.73. The van der Waals surface area contributed by atoms with Gasteiger partial charge in [-0.3, -0.25) is 0 Å². The first kappa shape index (κ1) is 13.5. The molecule has 1 aromatic heterocycles. The molecule has 0 bridgehead atoms. The Balaban J connectivity index is 2.10. The normalized spacial score (nSPS) is 11.2. The van der Waals surface area contributed by atoms with Crippen molar-refractivity contribution >= 4 is 34.2 Å². The maximum atomic E-state index is 6.20. The van der Waals surface area contributed by atoms with Crippen molar-refractivity contribution in [3.63, 3.8) is 0 Å². The topological polar surface area (TPSA) is 17.8 Å². The summed E-state index contributed by atoms with van der Waals surface area (Å²) in [6.07, 6.45) is 0. The molecule has 0 unspecified atom stereocenters. The van der Waals surface area contributed by atoms with E-state index in [-0.39, 0.29) is 0 Å². The maximum absolute atomic E-state index is 6.20. The highest BCUT2D eigenvalue weighted by Gasteiger charge is 2.12. The number of nitrogens with zero attached hydrogens (tertiary/aromatic N) is 2. The third kappa shape index (κ3) is 2.41. The molecule has 2 aromatic carbocycles. The lowest BCUT2D eigenvalue weighted by Gasteiger charge is -2.08. The van der Waals surface area contributed by atoms with Gasteiger partial charge >= 0.3 is 0 Å². The lowest BCUT2D eigenvalue weighted by atomic mass is 10.1. The highest BCUT2D eigenvalue weighted by Crippen LogP contribution is 2.25. The first-order chi connectivity index (χ1) is 9.69. The molecule has 0 atom stereocenters. The van der Waals surface area contributed by atoms with Crippen molar-refractivity contribution in [1.82, 2.24) is 9.55 Å². The number of benzene rings is 2. The molecule has 0 saturated heterocycles. The molecule has 0 saturated carbocycles. The molecule has 0 aliphatic rings. The second kappa shape index (κ2) is 5.47. The minimum Gasteiger partial charge on any atom is -0.322 e. The average molecular weight is 305 g/mol. The molecule has 0 aliphatic heterocycles. The van der Waals surface area contributed by atoms with Gasteiger partial charge in [0.05, 0.1) is 16.4 Å². The molecule has 102 valence electrons. The molecule has 0 amide bonds. The Morgan fingerprint density at radius 3 is 2.55 bits per heavy atom. The van der Waals surface area contributed by atoms with E-state index in [1.54, 1.807) is 0 Å². The second-order valence-electron chi connectivity index (χ2n) is 4.84. The van der Waals surface area contributed by atoms with Crippen LogP contribution in [0.3, 0.4) is 0 Å². The quantitative estimate of drug-likeness (QED) is 0.636. The van der Waals surface area contributed by atoms with Gasteiger partial charge < -0.3 is 4.57 Å². The van der Waals surface area contributed by atoms with E-state index >= 15 is 0 Å². The molecule has 0 radical (unpaired) electrons. The van der Waals surface area contributed by atoms with Crippen LogP contribution in [-0.4, -0.2) is 9.55 Å². The number of halogens is 2. The van der Waals surface area contributed by atoms with Crippen molar-refractivity contribution in [3.05, 3.63) is 64.4 Å². The SMILES string of the molecule is Cc1ccc(Cn2c(CCl)nc3c(Cl)cccc32)cc1. The van der Waals surface area contributed by atoms with Crippen LogP contribution < -0.4 is 0 Å². The molecular formula is C16H14Cl2N2. The molecule has 0 fully saturated rings. The van der Waals surface area contributed by atoms with Gasteiger partial charge in [-0.1, -0.05) is 47.5 Å². The number of alkyl halides is 1. The first-order valence-corrected chi connectivity index (χ1v) is 7.35. The number of fused-ring (bicyclic) bond motifs is 1. The molecule has 2 nitrogen and oxygen atoms in total. The minimum absolute atomic E-state index is 0.372. The summed E-state index contributed by atoms with van der Waals surface area (Å²) in [5.74, 6) is 1.21. The van der Waals surface area contributed by atoms with Crippen LogP contribution in [0, 0.1) is 6.92 Å². The van der Waals surface area contributed by atoms with Gasteiger partial charge in [-0.05, 0) is 24.6 Å². The van der Waals surface area contributed by atoms with Gasteiger partial charge in [0, 0.05) is 6.54 Å². The average Bonchev–Trinajstić information content (AvgIpc) is 2.81. The predicted molar refractivity (Wildman–Crippen MR) is 84.6 cm³/mol. The van der Waals surface area contributed by atoms with E-state index < -0.39 is 0 Å². The lowest BCUT2D eigenvalue weighted by molar-refractivity contribution is 0.778. The van der Waals surface area contributed by atoms with Crippen molar-refractivity contribution in [1.29, 1.82) is 0 Å². The van der Waals surface area contributed by atoms with Crippen LogP contribution >= 0.6 is 23.2 Å². The van der Waals surface area contributed by atoms with Gasteiger partial charge in [-0.2, -0.15) is 0 Å². The second-order valence-corrected chi connectivity index (χ2v) is 5.52. The van der Waals surface area contributed by atoms with E-state index in [2.05, 4.69) is 40.7 Å². The molecular weight excluding hydrogens is 291 g/mol. The van der Waals surface area contributed by atoms with Gasteiger partial charge in [0.25, 0.3) is 0 Å². The minimum atomic E-state index is 0.372. The van der Waals surface area contributed by atoms with Crippen molar-refractivity contribution < 1.29 is 0 Å². The van der Waals surface area contributed by atoms with Crippen molar-refractivity contribution in [2.45, 2.75) is 19.3 Å². The van der Waals surface area contributed by atoms with Crippen LogP contribution in [0.15, 0.2) is 42.5 Å². The monoisotopic (exact) mass is 304 g/mol. The molecule has 20 heavy (non-hydrogen) atoms. The zero-order chi connectivity index (χ0) is 14.1. The molecule has 0 aliphatic carbocycles. The van der Waals surface area contributed by atoms with E-state index in [0.717, 1.165) is 23.4 Å². The number of rotatable bonds is 3. The first-order valence-electron chi connectivity index (χ1n) is 6.44. The number of imidazole rings is 1. The largest absolute Gasteiger partial charge is 0.322 e. The van der Waals surface area contributed by atoms with Gasteiger partial charge in [0.2, 0.25) is 0 Å². The number of hydrogen-bond donors (Lipinski definition) is 0. The van der Waals surface area contributed by atoms with E-state index in [0.29, 0.717) is 10.9 Å². The van der Waals surface area contributed by atoms with Crippen molar-refractivity contribution in [2.75, 3.05) is 0 Å². The van der Waals surface area contributed by atoms with Gasteiger partial charge in [0.1, 0.15) is 11.3 Å². The molecule has 0 spiro atoms. The Morgan fingerprint density at radius 2 is 1.85 bits per heavy atom. The number of aromatic nitrogens is 2. The summed E-state index contributed by atoms with van der Waals surface area (Å²) in [6.45, 7) is 2.83. The van der Waals surface area contributed by atoms with Crippen LogP contribution in [0.2, 0.25) is 5.02 Å². The Kier molecular flexibility index (Phi) is 3.68.